The van der Waals surface area contributed by atoms with E-state index in [-0.39, 0.29) is 11.5 Å². The first-order chi connectivity index (χ1) is 9.95. The summed E-state index contributed by atoms with van der Waals surface area (Å²) < 4.78 is 0. The molecule has 1 aromatic heterocycles. The van der Waals surface area contributed by atoms with E-state index >= 15 is 0 Å². The highest BCUT2D eigenvalue weighted by Crippen LogP contribution is 2.29. The third-order valence-electron chi connectivity index (χ3n) is 4.09. The van der Waals surface area contributed by atoms with Crippen LogP contribution in [-0.4, -0.2) is 42.3 Å². The zero-order valence-corrected chi connectivity index (χ0v) is 14.5. The number of nitrogens with zero attached hydrogens (tertiary/aromatic N) is 1. The first-order valence-electron chi connectivity index (χ1n) is 8.15. The van der Waals surface area contributed by atoms with Crippen LogP contribution >= 0.6 is 11.3 Å². The number of hydrogen-bond donors (Lipinski definition) is 2. The van der Waals surface area contributed by atoms with Crippen molar-refractivity contribution in [2.45, 2.75) is 58.1 Å². The molecule has 1 saturated heterocycles. The summed E-state index contributed by atoms with van der Waals surface area (Å²) in [6, 6.07) is 4.52. The van der Waals surface area contributed by atoms with Gasteiger partial charge in [0.15, 0.2) is 0 Å². The van der Waals surface area contributed by atoms with Crippen molar-refractivity contribution in [2.75, 3.05) is 26.2 Å². The number of thiophene rings is 1. The molecule has 2 rings (SSSR count). The summed E-state index contributed by atoms with van der Waals surface area (Å²) in [5.41, 5.74) is 0.266. The normalized spacial score (nSPS) is 18.3. The summed E-state index contributed by atoms with van der Waals surface area (Å²) in [5.74, 6) is 0. The zero-order chi connectivity index (χ0) is 15.3. The summed E-state index contributed by atoms with van der Waals surface area (Å²) >= 11 is 1.93. The van der Waals surface area contributed by atoms with Crippen molar-refractivity contribution in [3.63, 3.8) is 0 Å². The Bertz CT molecular complexity index is 417. The fourth-order valence-corrected chi connectivity index (χ4v) is 3.69. The molecule has 120 valence electrons. The maximum atomic E-state index is 9.48. The minimum atomic E-state index is -0.0600. The number of piperidine rings is 1. The van der Waals surface area contributed by atoms with E-state index in [4.69, 9.17) is 0 Å². The van der Waals surface area contributed by atoms with Crippen LogP contribution in [0.25, 0.3) is 0 Å². The number of nitrogens with one attached hydrogen (secondary N) is 1. The predicted molar refractivity (Wildman–Crippen MR) is 91.0 cm³/mol. The van der Waals surface area contributed by atoms with E-state index in [1.54, 1.807) is 0 Å². The smallest absolute Gasteiger partial charge is 0.0564 e. The Balaban J connectivity index is 1.58. The lowest BCUT2D eigenvalue weighted by Crippen LogP contribution is -2.37. The molecule has 0 aliphatic carbocycles. The molecule has 0 aromatic carbocycles. The molecule has 0 unspecified atom stereocenters. The van der Waals surface area contributed by atoms with Gasteiger partial charge in [-0.25, -0.2) is 0 Å². The maximum absolute atomic E-state index is 9.48. The fraction of sp³-hybridized carbons (Fsp3) is 0.765. The lowest BCUT2D eigenvalue weighted by Gasteiger charge is -2.29. The Morgan fingerprint density at radius 3 is 2.62 bits per heavy atom. The average Bonchev–Trinajstić information content (AvgIpc) is 2.89. The topological polar surface area (TPSA) is 35.5 Å². The van der Waals surface area contributed by atoms with Gasteiger partial charge in [0.05, 0.1) is 6.10 Å². The quantitative estimate of drug-likeness (QED) is 0.793. The van der Waals surface area contributed by atoms with Gasteiger partial charge in [-0.15, -0.1) is 11.3 Å². The van der Waals surface area contributed by atoms with Crippen molar-refractivity contribution in [3.05, 3.63) is 21.9 Å². The summed E-state index contributed by atoms with van der Waals surface area (Å²) in [6.45, 7) is 12.1. The highest BCUT2D eigenvalue weighted by molar-refractivity contribution is 7.12. The standard InChI is InChI=1S/C17H30N2OS/c1-17(2,3)16-6-5-15(21-16)13-18-9-4-10-19-11-7-14(20)8-12-19/h5-6,14,18,20H,4,7-13H2,1-3H3. The van der Waals surface area contributed by atoms with E-state index in [2.05, 4.69) is 43.1 Å². The minimum absolute atomic E-state index is 0.0600. The third kappa shape index (κ3) is 5.70. The van der Waals surface area contributed by atoms with E-state index < -0.39 is 0 Å². The van der Waals surface area contributed by atoms with Crippen LogP contribution in [0.15, 0.2) is 12.1 Å². The Morgan fingerprint density at radius 2 is 2.00 bits per heavy atom. The molecule has 0 saturated carbocycles. The van der Waals surface area contributed by atoms with Gasteiger partial charge in [0.2, 0.25) is 0 Å². The van der Waals surface area contributed by atoms with Crippen molar-refractivity contribution < 1.29 is 5.11 Å². The molecule has 2 heterocycles. The molecule has 2 N–H and O–H groups in total. The van der Waals surface area contributed by atoms with Crippen LogP contribution in [0, 0.1) is 0 Å². The van der Waals surface area contributed by atoms with Crippen LogP contribution in [0.1, 0.15) is 49.8 Å². The minimum Gasteiger partial charge on any atom is -0.393 e. The lowest BCUT2D eigenvalue weighted by molar-refractivity contribution is 0.0821. The van der Waals surface area contributed by atoms with Gasteiger partial charge in [-0.1, -0.05) is 20.8 Å². The number of aliphatic hydroxyl groups excluding tert-OH is 1. The second-order valence-electron chi connectivity index (χ2n) is 7.12. The lowest BCUT2D eigenvalue weighted by atomic mass is 9.95. The van der Waals surface area contributed by atoms with Crippen molar-refractivity contribution in [1.29, 1.82) is 0 Å². The van der Waals surface area contributed by atoms with Crippen LogP contribution in [-0.2, 0) is 12.0 Å². The third-order valence-corrected chi connectivity index (χ3v) is 5.60. The van der Waals surface area contributed by atoms with Gasteiger partial charge in [-0.2, -0.15) is 0 Å². The Labute approximate surface area is 133 Å². The molecule has 1 aliphatic rings. The molecule has 1 fully saturated rings. The zero-order valence-electron chi connectivity index (χ0n) is 13.7. The fourth-order valence-electron chi connectivity index (χ4n) is 2.66. The second kappa shape index (κ2) is 7.73. The Kier molecular flexibility index (Phi) is 6.23. The van der Waals surface area contributed by atoms with Crippen molar-refractivity contribution in [1.82, 2.24) is 10.2 Å². The van der Waals surface area contributed by atoms with Crippen LogP contribution in [0.3, 0.4) is 0 Å². The molecule has 1 aromatic rings. The van der Waals surface area contributed by atoms with Gasteiger partial charge >= 0.3 is 0 Å². The first kappa shape index (κ1) is 16.9. The van der Waals surface area contributed by atoms with Crippen molar-refractivity contribution >= 4 is 11.3 Å². The number of rotatable bonds is 6. The highest BCUT2D eigenvalue weighted by atomic mass is 32.1. The molecule has 0 atom stereocenters. The van der Waals surface area contributed by atoms with E-state index in [0.29, 0.717) is 0 Å². The number of hydrogen-bond acceptors (Lipinski definition) is 4. The summed E-state index contributed by atoms with van der Waals surface area (Å²) in [7, 11) is 0. The van der Waals surface area contributed by atoms with Crippen LogP contribution in [0.5, 0.6) is 0 Å². The molecule has 1 aliphatic heterocycles. The molecular formula is C17H30N2OS. The van der Waals surface area contributed by atoms with Gasteiger partial charge in [0, 0.05) is 29.4 Å². The van der Waals surface area contributed by atoms with Gasteiger partial charge in [0.25, 0.3) is 0 Å². The van der Waals surface area contributed by atoms with Gasteiger partial charge in [-0.05, 0) is 49.9 Å². The highest BCUT2D eigenvalue weighted by Gasteiger charge is 2.17. The molecule has 3 nitrogen and oxygen atoms in total. The largest absolute Gasteiger partial charge is 0.393 e. The van der Waals surface area contributed by atoms with E-state index in [0.717, 1.165) is 45.6 Å². The van der Waals surface area contributed by atoms with Gasteiger partial charge in [0.1, 0.15) is 0 Å². The molecular weight excluding hydrogens is 280 g/mol. The van der Waals surface area contributed by atoms with Crippen LogP contribution in [0.2, 0.25) is 0 Å². The average molecular weight is 311 g/mol. The Hall–Kier alpha value is -0.420. The predicted octanol–water partition coefficient (Wildman–Crippen LogP) is 2.98. The van der Waals surface area contributed by atoms with Crippen LogP contribution in [0.4, 0.5) is 0 Å². The molecule has 0 amide bonds. The number of likely N-dealkylation sites (tertiary alicyclic amines) is 1. The van der Waals surface area contributed by atoms with Crippen molar-refractivity contribution in [2.24, 2.45) is 0 Å². The first-order valence-corrected chi connectivity index (χ1v) is 8.97. The van der Waals surface area contributed by atoms with E-state index in [9.17, 15) is 5.11 Å². The molecule has 21 heavy (non-hydrogen) atoms. The van der Waals surface area contributed by atoms with Crippen LogP contribution < -0.4 is 5.32 Å². The van der Waals surface area contributed by atoms with Gasteiger partial charge < -0.3 is 15.3 Å². The monoisotopic (exact) mass is 310 g/mol. The molecule has 0 spiro atoms. The summed E-state index contributed by atoms with van der Waals surface area (Å²) in [4.78, 5) is 5.37. The molecule has 0 bridgehead atoms. The summed E-state index contributed by atoms with van der Waals surface area (Å²) in [5, 5.41) is 13.0. The number of aliphatic hydroxyl groups is 1. The van der Waals surface area contributed by atoms with E-state index in [1.165, 1.54) is 16.2 Å². The molecule has 0 radical (unpaired) electrons. The molecule has 4 heteroatoms. The van der Waals surface area contributed by atoms with Crippen molar-refractivity contribution in [3.8, 4) is 0 Å². The second-order valence-corrected chi connectivity index (χ2v) is 8.29. The van der Waals surface area contributed by atoms with E-state index in [1.807, 2.05) is 11.3 Å². The maximum Gasteiger partial charge on any atom is 0.0564 e. The Morgan fingerprint density at radius 1 is 1.29 bits per heavy atom. The summed E-state index contributed by atoms with van der Waals surface area (Å²) in [6.07, 6.45) is 3.01. The SMILES string of the molecule is CC(C)(C)c1ccc(CNCCCN2CCC(O)CC2)s1. The van der Waals surface area contributed by atoms with Gasteiger partial charge in [-0.3, -0.25) is 0 Å².